The number of hydrogen-bond acceptors (Lipinski definition) is 6. The van der Waals surface area contributed by atoms with Gasteiger partial charge >= 0.3 is 0 Å². The van der Waals surface area contributed by atoms with E-state index >= 15 is 0 Å². The predicted octanol–water partition coefficient (Wildman–Crippen LogP) is 2.03. The van der Waals surface area contributed by atoms with Crippen molar-refractivity contribution in [2.75, 3.05) is 31.6 Å². The molecule has 7 heteroatoms. The zero-order valence-electron chi connectivity index (χ0n) is 14.8. The normalized spacial score (nSPS) is 19.5. The van der Waals surface area contributed by atoms with E-state index < -0.39 is 0 Å². The molecule has 0 aromatic heterocycles. The zero-order valence-corrected chi connectivity index (χ0v) is 14.8. The summed E-state index contributed by atoms with van der Waals surface area (Å²) < 4.78 is 0. The van der Waals surface area contributed by atoms with Gasteiger partial charge in [-0.05, 0) is 23.8 Å². The number of benzene rings is 2. The molecule has 0 radical (unpaired) electrons. The Balaban J connectivity index is 1.71. The lowest BCUT2D eigenvalue weighted by atomic mass is 10.1. The van der Waals surface area contributed by atoms with Crippen LogP contribution in [0.15, 0.2) is 48.5 Å². The van der Waals surface area contributed by atoms with Gasteiger partial charge in [-0.15, -0.1) is 0 Å². The molecule has 2 unspecified atom stereocenters. The molecule has 26 heavy (non-hydrogen) atoms. The Hall–Kier alpha value is -2.48. The summed E-state index contributed by atoms with van der Waals surface area (Å²) in [5.41, 5.74) is 2.38. The average molecular weight is 356 g/mol. The Morgan fingerprint density at radius 2 is 2.04 bits per heavy atom. The van der Waals surface area contributed by atoms with Crippen molar-refractivity contribution in [1.82, 2.24) is 10.6 Å². The van der Waals surface area contributed by atoms with Gasteiger partial charge < -0.3 is 20.6 Å². The van der Waals surface area contributed by atoms with E-state index in [1.807, 2.05) is 48.3 Å². The fourth-order valence-corrected chi connectivity index (χ4v) is 3.23. The van der Waals surface area contributed by atoms with E-state index in [2.05, 4.69) is 10.6 Å². The van der Waals surface area contributed by atoms with Crippen LogP contribution in [0.5, 0.6) is 0 Å². The molecule has 1 fully saturated rings. The van der Waals surface area contributed by atoms with E-state index in [0.29, 0.717) is 25.3 Å². The Morgan fingerprint density at radius 3 is 2.69 bits per heavy atom. The Kier molecular flexibility index (Phi) is 5.82. The Bertz CT molecular complexity index is 754. The van der Waals surface area contributed by atoms with Gasteiger partial charge in [0, 0.05) is 50.9 Å². The van der Waals surface area contributed by atoms with Crippen molar-refractivity contribution in [3.8, 4) is 0 Å². The van der Waals surface area contributed by atoms with Crippen molar-refractivity contribution < 1.29 is 10.0 Å². The van der Waals surface area contributed by atoms with Crippen molar-refractivity contribution in [2.45, 2.75) is 12.6 Å². The number of aliphatic hydroxyl groups excluding tert-OH is 1. The molecule has 1 aliphatic heterocycles. The van der Waals surface area contributed by atoms with Crippen LogP contribution in [0, 0.1) is 16.0 Å². The molecule has 7 nitrogen and oxygen atoms in total. The summed E-state index contributed by atoms with van der Waals surface area (Å²) in [4.78, 5) is 13.0. The molecule has 0 aliphatic carbocycles. The van der Waals surface area contributed by atoms with Gasteiger partial charge in [-0.3, -0.25) is 10.1 Å². The van der Waals surface area contributed by atoms with E-state index in [-0.39, 0.29) is 22.6 Å². The number of nitro benzene ring substituents is 1. The lowest BCUT2D eigenvalue weighted by Crippen LogP contribution is -2.30. The molecular formula is C19H24N4O3. The second-order valence-electron chi connectivity index (χ2n) is 6.59. The summed E-state index contributed by atoms with van der Waals surface area (Å²) in [5, 5.41) is 27.8. The first kappa shape index (κ1) is 18.3. The minimum Gasteiger partial charge on any atom is -0.391 e. The quantitative estimate of drug-likeness (QED) is 0.519. The topological polar surface area (TPSA) is 90.7 Å². The maximum atomic E-state index is 11.6. The fourth-order valence-electron chi connectivity index (χ4n) is 3.23. The standard InChI is InChI=1S/C19H24N4O3/c1-22(16-5-3-2-4-6-16)17-8-7-14(9-18(17)23(25)26)10-20-11-15-12-21-13-19(15)24/h2-9,15,19-21,24H,10-13H2,1H3. The maximum absolute atomic E-state index is 11.6. The molecule has 138 valence electrons. The molecule has 0 amide bonds. The molecule has 0 spiro atoms. The van der Waals surface area contributed by atoms with E-state index in [1.54, 1.807) is 12.1 Å². The highest BCUT2D eigenvalue weighted by molar-refractivity contribution is 5.72. The minimum atomic E-state index is -0.344. The predicted molar refractivity (Wildman–Crippen MR) is 102 cm³/mol. The molecule has 2 atom stereocenters. The largest absolute Gasteiger partial charge is 0.391 e. The number of nitrogens with one attached hydrogen (secondary N) is 2. The molecule has 0 saturated carbocycles. The van der Waals surface area contributed by atoms with E-state index in [1.165, 1.54) is 0 Å². The molecule has 3 rings (SSSR count). The van der Waals surface area contributed by atoms with Crippen LogP contribution in [0.2, 0.25) is 0 Å². The van der Waals surface area contributed by atoms with E-state index in [0.717, 1.165) is 17.8 Å². The van der Waals surface area contributed by atoms with Crippen LogP contribution in [-0.4, -0.2) is 42.8 Å². The third-order valence-electron chi connectivity index (χ3n) is 4.78. The second-order valence-corrected chi connectivity index (χ2v) is 6.59. The SMILES string of the molecule is CN(c1ccccc1)c1ccc(CNCC2CNCC2O)cc1[N+](=O)[O-]. The zero-order chi connectivity index (χ0) is 18.5. The van der Waals surface area contributed by atoms with Crippen LogP contribution in [0.4, 0.5) is 17.1 Å². The summed E-state index contributed by atoms with van der Waals surface area (Å²) in [7, 11) is 1.82. The molecular weight excluding hydrogens is 332 g/mol. The highest BCUT2D eigenvalue weighted by atomic mass is 16.6. The summed E-state index contributed by atoms with van der Waals surface area (Å²) in [6, 6.07) is 14.9. The number of anilines is 2. The second kappa shape index (κ2) is 8.27. The summed E-state index contributed by atoms with van der Waals surface area (Å²) in [6.07, 6.45) is -0.335. The van der Waals surface area contributed by atoms with Gasteiger partial charge in [-0.1, -0.05) is 24.3 Å². The molecule has 2 aromatic rings. The number of rotatable bonds is 7. The average Bonchev–Trinajstić information content (AvgIpc) is 3.06. The summed E-state index contributed by atoms with van der Waals surface area (Å²) in [5.74, 6) is 0.175. The van der Waals surface area contributed by atoms with Crippen molar-refractivity contribution in [2.24, 2.45) is 5.92 Å². The van der Waals surface area contributed by atoms with E-state index in [4.69, 9.17) is 0 Å². The highest BCUT2D eigenvalue weighted by Crippen LogP contribution is 2.33. The van der Waals surface area contributed by atoms with Gasteiger partial charge in [0.25, 0.3) is 5.69 Å². The first-order valence-electron chi connectivity index (χ1n) is 8.72. The first-order chi connectivity index (χ1) is 12.6. The van der Waals surface area contributed by atoms with E-state index in [9.17, 15) is 15.2 Å². The monoisotopic (exact) mass is 356 g/mol. The molecule has 3 N–H and O–H groups in total. The smallest absolute Gasteiger partial charge is 0.293 e. The number of aliphatic hydroxyl groups is 1. The number of nitro groups is 1. The summed E-state index contributed by atoms with van der Waals surface area (Å²) in [6.45, 7) is 2.61. The summed E-state index contributed by atoms with van der Waals surface area (Å²) >= 11 is 0. The lowest BCUT2D eigenvalue weighted by Gasteiger charge is -2.20. The fraction of sp³-hybridized carbons (Fsp3) is 0.368. The van der Waals surface area contributed by atoms with Crippen LogP contribution >= 0.6 is 0 Å². The number of nitrogens with zero attached hydrogens (tertiary/aromatic N) is 2. The Morgan fingerprint density at radius 1 is 1.27 bits per heavy atom. The minimum absolute atomic E-state index is 0.0817. The van der Waals surface area contributed by atoms with Crippen molar-refractivity contribution in [1.29, 1.82) is 0 Å². The number of para-hydroxylation sites is 1. The third kappa shape index (κ3) is 4.19. The van der Waals surface area contributed by atoms with Crippen LogP contribution in [-0.2, 0) is 6.54 Å². The Labute approximate surface area is 152 Å². The maximum Gasteiger partial charge on any atom is 0.293 e. The highest BCUT2D eigenvalue weighted by Gasteiger charge is 2.24. The molecule has 2 aromatic carbocycles. The van der Waals surface area contributed by atoms with Gasteiger partial charge in [-0.2, -0.15) is 0 Å². The van der Waals surface area contributed by atoms with Gasteiger partial charge in [0.2, 0.25) is 0 Å². The molecule has 1 aliphatic rings. The van der Waals surface area contributed by atoms with Crippen molar-refractivity contribution in [3.05, 3.63) is 64.2 Å². The first-order valence-corrected chi connectivity index (χ1v) is 8.72. The van der Waals surface area contributed by atoms with Gasteiger partial charge in [-0.25, -0.2) is 0 Å². The lowest BCUT2D eigenvalue weighted by molar-refractivity contribution is -0.384. The van der Waals surface area contributed by atoms with Crippen molar-refractivity contribution in [3.63, 3.8) is 0 Å². The molecule has 1 saturated heterocycles. The van der Waals surface area contributed by atoms with Crippen molar-refractivity contribution >= 4 is 17.1 Å². The van der Waals surface area contributed by atoms with Gasteiger partial charge in [0.05, 0.1) is 11.0 Å². The molecule has 0 bridgehead atoms. The number of hydrogen-bond donors (Lipinski definition) is 3. The van der Waals surface area contributed by atoms with Crippen LogP contribution < -0.4 is 15.5 Å². The molecule has 1 heterocycles. The third-order valence-corrected chi connectivity index (χ3v) is 4.78. The van der Waals surface area contributed by atoms with Crippen LogP contribution in [0.25, 0.3) is 0 Å². The van der Waals surface area contributed by atoms with Gasteiger partial charge in [0.15, 0.2) is 0 Å². The van der Waals surface area contributed by atoms with Crippen LogP contribution in [0.1, 0.15) is 5.56 Å². The van der Waals surface area contributed by atoms with Gasteiger partial charge in [0.1, 0.15) is 5.69 Å². The number of β-amino-alcohol motifs (C(OH)–C–C–N with tert-alkyl or cyclic N) is 1. The van der Waals surface area contributed by atoms with Crippen LogP contribution in [0.3, 0.4) is 0 Å².